The van der Waals surface area contributed by atoms with E-state index in [0.717, 1.165) is 67.7 Å². The molecule has 0 bridgehead atoms. The fourth-order valence-electron chi connectivity index (χ4n) is 4.40. The fourth-order valence-corrected chi connectivity index (χ4v) is 4.40. The first-order valence-corrected chi connectivity index (χ1v) is 11.2. The molecular formula is C23H29N7O2. The monoisotopic (exact) mass is 435 g/mol. The zero-order valence-corrected chi connectivity index (χ0v) is 18.7. The highest BCUT2D eigenvalue weighted by molar-refractivity contribution is 5.86. The number of likely N-dealkylation sites (N-methyl/N-ethyl adjacent to an activating group) is 1. The van der Waals surface area contributed by atoms with E-state index in [4.69, 9.17) is 4.52 Å². The molecule has 0 spiro atoms. The lowest BCUT2D eigenvalue weighted by atomic mass is 10.1. The molecule has 0 aliphatic carbocycles. The molecule has 9 heteroatoms. The van der Waals surface area contributed by atoms with Crippen LogP contribution < -0.4 is 9.80 Å². The highest BCUT2D eigenvalue weighted by Crippen LogP contribution is 2.22. The Bertz CT molecular complexity index is 1100. The highest BCUT2D eigenvalue weighted by Gasteiger charge is 2.25. The van der Waals surface area contributed by atoms with E-state index in [9.17, 15) is 4.79 Å². The number of carbonyl (C=O) groups excluding carboxylic acids is 1. The summed E-state index contributed by atoms with van der Waals surface area (Å²) in [5, 5.41) is 5.01. The minimum absolute atomic E-state index is 0.0840. The van der Waals surface area contributed by atoms with Gasteiger partial charge in [0.25, 0.3) is 0 Å². The number of piperazine rings is 2. The van der Waals surface area contributed by atoms with Crippen molar-refractivity contribution in [1.82, 2.24) is 24.9 Å². The number of hydrogen-bond donors (Lipinski definition) is 0. The number of aromatic nitrogens is 3. The van der Waals surface area contributed by atoms with Gasteiger partial charge in [-0.05, 0) is 26.1 Å². The van der Waals surface area contributed by atoms with Crippen LogP contribution in [0.2, 0.25) is 0 Å². The number of fused-ring (bicyclic) bond motifs is 1. The third kappa shape index (κ3) is 4.25. The number of aryl methyl sites for hydroxylation is 1. The summed E-state index contributed by atoms with van der Waals surface area (Å²) in [6.07, 6.45) is 0.261. The molecule has 0 atom stereocenters. The van der Waals surface area contributed by atoms with E-state index < -0.39 is 0 Å². The molecule has 0 N–H and O–H groups in total. The van der Waals surface area contributed by atoms with Gasteiger partial charge in [0.15, 0.2) is 5.58 Å². The smallest absolute Gasteiger partial charge is 0.228 e. The molecule has 2 saturated heterocycles. The highest BCUT2D eigenvalue weighted by atomic mass is 16.5. The van der Waals surface area contributed by atoms with Crippen LogP contribution in [0.1, 0.15) is 11.5 Å². The number of carbonyl (C=O) groups is 1. The van der Waals surface area contributed by atoms with E-state index in [1.54, 1.807) is 0 Å². The molecule has 1 aromatic carbocycles. The topological polar surface area (TPSA) is 81.8 Å². The van der Waals surface area contributed by atoms with Crippen molar-refractivity contribution in [3.63, 3.8) is 0 Å². The molecule has 2 aliphatic rings. The van der Waals surface area contributed by atoms with Crippen molar-refractivity contribution in [1.29, 1.82) is 0 Å². The molecule has 0 unspecified atom stereocenters. The first-order chi connectivity index (χ1) is 15.6. The number of benzene rings is 1. The van der Waals surface area contributed by atoms with Crippen LogP contribution in [0.3, 0.4) is 0 Å². The van der Waals surface area contributed by atoms with Crippen molar-refractivity contribution >= 4 is 28.5 Å². The first-order valence-electron chi connectivity index (χ1n) is 11.2. The Morgan fingerprint density at radius 3 is 2.25 bits per heavy atom. The summed E-state index contributed by atoms with van der Waals surface area (Å²) in [6, 6.07) is 9.75. The van der Waals surface area contributed by atoms with Crippen molar-refractivity contribution in [3.05, 3.63) is 41.9 Å². The largest absolute Gasteiger partial charge is 0.356 e. The van der Waals surface area contributed by atoms with Gasteiger partial charge in [-0.15, -0.1) is 0 Å². The number of anilines is 2. The molecule has 5 rings (SSSR count). The zero-order valence-electron chi connectivity index (χ0n) is 18.7. The third-order valence-corrected chi connectivity index (χ3v) is 6.37. The summed E-state index contributed by atoms with van der Waals surface area (Å²) in [5.41, 5.74) is 1.42. The minimum atomic E-state index is 0.0840. The lowest BCUT2D eigenvalue weighted by Crippen LogP contribution is -2.49. The van der Waals surface area contributed by atoms with Gasteiger partial charge in [0.1, 0.15) is 23.2 Å². The maximum atomic E-state index is 12.9. The first kappa shape index (κ1) is 20.7. The molecule has 0 saturated carbocycles. The SMILES string of the molecule is Cc1nc(N2CCN(C)CC2)cc(N2CCN(C(=O)Cc3noc4ccccc34)CC2)n1. The second-order valence-electron chi connectivity index (χ2n) is 8.59. The van der Waals surface area contributed by atoms with E-state index in [1.807, 2.05) is 36.1 Å². The molecule has 1 amide bonds. The fraction of sp³-hybridized carbons (Fsp3) is 0.478. The summed E-state index contributed by atoms with van der Waals surface area (Å²) < 4.78 is 5.34. The van der Waals surface area contributed by atoms with E-state index >= 15 is 0 Å². The predicted molar refractivity (Wildman–Crippen MR) is 123 cm³/mol. The Morgan fingerprint density at radius 1 is 0.938 bits per heavy atom. The van der Waals surface area contributed by atoms with Crippen molar-refractivity contribution in [3.8, 4) is 0 Å². The molecule has 3 aromatic rings. The van der Waals surface area contributed by atoms with Gasteiger partial charge in [-0.25, -0.2) is 9.97 Å². The van der Waals surface area contributed by atoms with Crippen LogP contribution in [0.15, 0.2) is 34.9 Å². The molecule has 168 valence electrons. The number of para-hydroxylation sites is 1. The average Bonchev–Trinajstić information content (AvgIpc) is 3.22. The molecule has 32 heavy (non-hydrogen) atoms. The Kier molecular flexibility index (Phi) is 5.65. The van der Waals surface area contributed by atoms with Gasteiger partial charge in [-0.2, -0.15) is 0 Å². The quantitative estimate of drug-likeness (QED) is 0.611. The van der Waals surface area contributed by atoms with Gasteiger partial charge in [-0.1, -0.05) is 17.3 Å². The lowest BCUT2D eigenvalue weighted by Gasteiger charge is -2.36. The van der Waals surface area contributed by atoms with Gasteiger partial charge < -0.3 is 24.1 Å². The number of amides is 1. The summed E-state index contributed by atoms with van der Waals surface area (Å²) in [4.78, 5) is 31.1. The van der Waals surface area contributed by atoms with E-state index in [1.165, 1.54) is 0 Å². The third-order valence-electron chi connectivity index (χ3n) is 6.37. The lowest BCUT2D eigenvalue weighted by molar-refractivity contribution is -0.130. The Hall–Kier alpha value is -3.20. The second kappa shape index (κ2) is 8.74. The van der Waals surface area contributed by atoms with Gasteiger partial charge in [0.05, 0.1) is 6.42 Å². The van der Waals surface area contributed by atoms with Gasteiger partial charge in [0, 0.05) is 63.8 Å². The minimum Gasteiger partial charge on any atom is -0.356 e. The predicted octanol–water partition coefficient (Wildman–Crippen LogP) is 1.57. The van der Waals surface area contributed by atoms with Gasteiger partial charge in [-0.3, -0.25) is 4.79 Å². The zero-order chi connectivity index (χ0) is 22.1. The number of rotatable bonds is 4. The van der Waals surface area contributed by atoms with Crippen LogP contribution in [-0.2, 0) is 11.2 Å². The summed E-state index contributed by atoms with van der Waals surface area (Å²) in [6.45, 7) is 8.83. The molecule has 9 nitrogen and oxygen atoms in total. The maximum absolute atomic E-state index is 12.9. The molecule has 0 radical (unpaired) electrons. The van der Waals surface area contributed by atoms with Crippen molar-refractivity contribution in [2.24, 2.45) is 0 Å². The Labute approximate surface area is 187 Å². The molecule has 2 fully saturated rings. The van der Waals surface area contributed by atoms with E-state index in [2.05, 4.69) is 42.9 Å². The van der Waals surface area contributed by atoms with Crippen LogP contribution >= 0.6 is 0 Å². The summed E-state index contributed by atoms with van der Waals surface area (Å²) >= 11 is 0. The van der Waals surface area contributed by atoms with E-state index in [-0.39, 0.29) is 12.3 Å². The maximum Gasteiger partial charge on any atom is 0.228 e. The van der Waals surface area contributed by atoms with Crippen LogP contribution in [-0.4, -0.2) is 90.2 Å². The van der Waals surface area contributed by atoms with Crippen LogP contribution in [0.5, 0.6) is 0 Å². The van der Waals surface area contributed by atoms with Crippen molar-refractivity contribution in [2.75, 3.05) is 69.2 Å². The van der Waals surface area contributed by atoms with Crippen molar-refractivity contribution in [2.45, 2.75) is 13.3 Å². The van der Waals surface area contributed by atoms with Gasteiger partial charge >= 0.3 is 0 Å². The van der Waals surface area contributed by atoms with Crippen molar-refractivity contribution < 1.29 is 9.32 Å². The standard InChI is InChI=1S/C23H29N7O2/c1-17-24-21(28-9-7-27(2)8-10-28)16-22(25-17)29-11-13-30(14-12-29)23(31)15-19-18-5-3-4-6-20(18)32-26-19/h3-6,16H,7-15H2,1-2H3. The Balaban J connectivity index is 1.22. The van der Waals surface area contributed by atoms with Crippen LogP contribution in [0.25, 0.3) is 11.0 Å². The van der Waals surface area contributed by atoms with Gasteiger partial charge in [0.2, 0.25) is 5.91 Å². The normalized spacial score (nSPS) is 17.9. The summed E-state index contributed by atoms with van der Waals surface area (Å²) in [7, 11) is 2.15. The second-order valence-corrected chi connectivity index (χ2v) is 8.59. The molecule has 2 aliphatic heterocycles. The molecular weight excluding hydrogens is 406 g/mol. The number of hydrogen-bond acceptors (Lipinski definition) is 8. The van der Waals surface area contributed by atoms with Crippen LogP contribution in [0, 0.1) is 6.92 Å². The summed E-state index contributed by atoms with van der Waals surface area (Å²) in [5.74, 6) is 2.81. The van der Waals surface area contributed by atoms with E-state index in [0.29, 0.717) is 18.8 Å². The molecule has 2 aromatic heterocycles. The number of nitrogens with zero attached hydrogens (tertiary/aromatic N) is 7. The average molecular weight is 436 g/mol. The van der Waals surface area contributed by atoms with Crippen LogP contribution in [0.4, 0.5) is 11.6 Å². The molecule has 4 heterocycles. The Morgan fingerprint density at radius 2 is 1.56 bits per heavy atom.